The summed E-state index contributed by atoms with van der Waals surface area (Å²) in [5, 5.41) is 8.84. The third-order valence-corrected chi connectivity index (χ3v) is 4.64. The van der Waals surface area contributed by atoms with Crippen LogP contribution in [0, 0.1) is 6.92 Å². The number of carbonyl (C=O) groups is 2. The van der Waals surface area contributed by atoms with Crippen LogP contribution in [0.25, 0.3) is 0 Å². The van der Waals surface area contributed by atoms with Crippen LogP contribution in [0.15, 0.2) is 34.6 Å². The number of thiazole rings is 1. The molecule has 0 fully saturated rings. The second-order valence-corrected chi connectivity index (χ2v) is 7.29. The zero-order chi connectivity index (χ0) is 20.5. The largest absolute Gasteiger partial charge is 0.368 e. The van der Waals surface area contributed by atoms with Gasteiger partial charge in [-0.15, -0.1) is 35.3 Å². The Morgan fingerprint density at radius 2 is 1.93 bits per heavy atom. The Bertz CT molecular complexity index is 837. The van der Waals surface area contributed by atoms with E-state index in [9.17, 15) is 9.59 Å². The molecule has 158 valence electrons. The lowest BCUT2D eigenvalue weighted by Gasteiger charge is -2.21. The smallest absolute Gasteiger partial charge is 0.251 e. The number of halogens is 1. The maximum atomic E-state index is 11.9. The topological polar surface area (TPSA) is 113 Å². The molecule has 1 heterocycles. The van der Waals surface area contributed by atoms with E-state index in [0.717, 1.165) is 28.8 Å². The fourth-order valence-corrected chi connectivity index (χ4v) is 3.07. The molecule has 10 heteroatoms. The van der Waals surface area contributed by atoms with Crippen LogP contribution in [0.4, 0.5) is 0 Å². The van der Waals surface area contributed by atoms with Gasteiger partial charge in [0.05, 0.1) is 30.3 Å². The zero-order valence-corrected chi connectivity index (χ0v) is 19.9. The number of guanidine groups is 1. The first kappa shape index (κ1) is 24.8. The number of nitrogens with zero attached hydrogens (tertiary/aromatic N) is 3. The minimum absolute atomic E-state index is 0. The number of nitrogens with one attached hydrogen (secondary N) is 2. The van der Waals surface area contributed by atoms with E-state index in [0.29, 0.717) is 18.7 Å². The third-order valence-electron chi connectivity index (χ3n) is 3.81. The number of hydrogen-bond acceptors (Lipinski definition) is 5. The highest BCUT2D eigenvalue weighted by Crippen LogP contribution is 2.10. The van der Waals surface area contributed by atoms with Gasteiger partial charge in [0, 0.05) is 24.5 Å². The van der Waals surface area contributed by atoms with E-state index in [-0.39, 0.29) is 36.4 Å². The van der Waals surface area contributed by atoms with Crippen molar-refractivity contribution in [3.05, 3.63) is 51.5 Å². The second kappa shape index (κ2) is 12.4. The Hall–Kier alpha value is -2.21. The van der Waals surface area contributed by atoms with Gasteiger partial charge in [0.1, 0.15) is 0 Å². The van der Waals surface area contributed by atoms with Crippen LogP contribution in [0.1, 0.15) is 33.5 Å². The molecule has 2 amide bonds. The van der Waals surface area contributed by atoms with Crippen LogP contribution in [-0.2, 0) is 17.9 Å². The monoisotopic (exact) mass is 530 g/mol. The van der Waals surface area contributed by atoms with Crippen molar-refractivity contribution in [3.8, 4) is 0 Å². The van der Waals surface area contributed by atoms with Crippen molar-refractivity contribution < 1.29 is 9.59 Å². The summed E-state index contributed by atoms with van der Waals surface area (Å²) in [6, 6.07) is 7.10. The van der Waals surface area contributed by atoms with E-state index < -0.39 is 5.91 Å². The van der Waals surface area contributed by atoms with Gasteiger partial charge in [0.15, 0.2) is 5.96 Å². The van der Waals surface area contributed by atoms with Gasteiger partial charge in [-0.1, -0.05) is 12.1 Å². The van der Waals surface area contributed by atoms with Crippen LogP contribution in [-0.4, -0.2) is 47.8 Å². The van der Waals surface area contributed by atoms with Gasteiger partial charge < -0.3 is 21.3 Å². The molecule has 0 radical (unpaired) electrons. The van der Waals surface area contributed by atoms with Crippen LogP contribution in [0.5, 0.6) is 0 Å². The lowest BCUT2D eigenvalue weighted by molar-refractivity contribution is -0.117. The quantitative estimate of drug-likeness (QED) is 0.274. The Labute approximate surface area is 192 Å². The minimum Gasteiger partial charge on any atom is -0.368 e. The molecular weight excluding hydrogens is 503 g/mol. The van der Waals surface area contributed by atoms with Crippen molar-refractivity contribution in [2.24, 2.45) is 10.7 Å². The lowest BCUT2D eigenvalue weighted by atomic mass is 10.1. The van der Waals surface area contributed by atoms with Crippen LogP contribution >= 0.6 is 35.3 Å². The van der Waals surface area contributed by atoms with Gasteiger partial charge in [-0.25, -0.2) is 9.98 Å². The molecule has 0 bridgehead atoms. The highest BCUT2D eigenvalue weighted by Gasteiger charge is 2.09. The number of primary amides is 1. The molecule has 0 aliphatic rings. The molecule has 0 saturated heterocycles. The Morgan fingerprint density at radius 3 is 2.48 bits per heavy atom. The van der Waals surface area contributed by atoms with Gasteiger partial charge in [0.2, 0.25) is 5.91 Å². The molecular formula is C19H27IN6O2S. The second-order valence-electron chi connectivity index (χ2n) is 6.23. The molecule has 0 atom stereocenters. The van der Waals surface area contributed by atoms with Crippen LogP contribution in [0.2, 0.25) is 0 Å². The summed E-state index contributed by atoms with van der Waals surface area (Å²) < 4.78 is 0. The molecule has 0 aliphatic heterocycles. The van der Waals surface area contributed by atoms with Crippen molar-refractivity contribution in [2.45, 2.75) is 26.9 Å². The summed E-state index contributed by atoms with van der Waals surface area (Å²) in [6.45, 7) is 5.75. The molecule has 2 rings (SSSR count). The fraction of sp³-hybridized carbons (Fsp3) is 0.368. The fourth-order valence-electron chi connectivity index (χ4n) is 2.47. The van der Waals surface area contributed by atoms with Crippen molar-refractivity contribution in [1.29, 1.82) is 0 Å². The minimum atomic E-state index is -0.577. The summed E-state index contributed by atoms with van der Waals surface area (Å²) in [4.78, 5) is 33.8. The normalized spacial score (nSPS) is 10.8. The molecule has 0 unspecified atom stereocenters. The van der Waals surface area contributed by atoms with Crippen molar-refractivity contribution in [3.63, 3.8) is 0 Å². The zero-order valence-electron chi connectivity index (χ0n) is 16.8. The number of aliphatic imine (C=N–C) groups is 1. The van der Waals surface area contributed by atoms with Crippen molar-refractivity contribution >= 4 is 53.1 Å². The summed E-state index contributed by atoms with van der Waals surface area (Å²) in [6.07, 6.45) is 0. The van der Waals surface area contributed by atoms with Crippen LogP contribution < -0.4 is 16.4 Å². The molecule has 0 aliphatic carbocycles. The van der Waals surface area contributed by atoms with E-state index in [1.807, 2.05) is 37.9 Å². The molecule has 0 spiro atoms. The molecule has 2 aromatic rings. The van der Waals surface area contributed by atoms with E-state index in [1.165, 1.54) is 0 Å². The summed E-state index contributed by atoms with van der Waals surface area (Å²) in [7, 11) is 1.97. The van der Waals surface area contributed by atoms with Gasteiger partial charge in [-0.3, -0.25) is 9.59 Å². The standard InChI is InChI=1S/C19H26N6O2S.HI/c1-4-21-19(25(3)11-16-12-28-13(2)24-16)23-9-14-5-7-15(8-6-14)18(27)22-10-17(20)26;/h5-8,12H,4,9-11H2,1-3H3,(H2,20,26)(H,21,23)(H,22,27);1H. The third kappa shape index (κ3) is 8.36. The van der Waals surface area contributed by atoms with Crippen molar-refractivity contribution in [1.82, 2.24) is 20.5 Å². The Balaban J connectivity index is 0.00000420. The maximum absolute atomic E-state index is 11.9. The first-order valence-corrected chi connectivity index (χ1v) is 9.83. The van der Waals surface area contributed by atoms with Gasteiger partial charge >= 0.3 is 0 Å². The van der Waals surface area contributed by atoms with E-state index in [4.69, 9.17) is 5.73 Å². The number of hydrogen-bond donors (Lipinski definition) is 3. The lowest BCUT2D eigenvalue weighted by Crippen LogP contribution is -2.38. The average molecular weight is 530 g/mol. The number of carbonyl (C=O) groups excluding carboxylic acids is 2. The number of rotatable bonds is 8. The van der Waals surface area contributed by atoms with E-state index in [1.54, 1.807) is 23.5 Å². The number of amides is 2. The molecule has 0 saturated carbocycles. The highest BCUT2D eigenvalue weighted by atomic mass is 127. The van der Waals surface area contributed by atoms with Gasteiger partial charge in [-0.2, -0.15) is 0 Å². The predicted molar refractivity (Wildman–Crippen MR) is 127 cm³/mol. The van der Waals surface area contributed by atoms with Crippen LogP contribution in [0.3, 0.4) is 0 Å². The molecule has 4 N–H and O–H groups in total. The summed E-state index contributed by atoms with van der Waals surface area (Å²) in [5.74, 6) is -0.121. The molecule has 29 heavy (non-hydrogen) atoms. The highest BCUT2D eigenvalue weighted by molar-refractivity contribution is 14.0. The number of aromatic nitrogens is 1. The van der Waals surface area contributed by atoms with Gasteiger partial charge in [-0.05, 0) is 31.5 Å². The first-order valence-electron chi connectivity index (χ1n) is 8.95. The van der Waals surface area contributed by atoms with Gasteiger partial charge in [0.25, 0.3) is 5.91 Å². The SMILES string of the molecule is CCNC(=NCc1ccc(C(=O)NCC(N)=O)cc1)N(C)Cc1csc(C)n1.I. The van der Waals surface area contributed by atoms with Crippen molar-refractivity contribution in [2.75, 3.05) is 20.1 Å². The molecule has 1 aromatic heterocycles. The number of aryl methyl sites for hydroxylation is 1. The predicted octanol–water partition coefficient (Wildman–Crippen LogP) is 1.88. The number of benzene rings is 1. The Morgan fingerprint density at radius 1 is 1.24 bits per heavy atom. The molecule has 8 nitrogen and oxygen atoms in total. The maximum Gasteiger partial charge on any atom is 0.251 e. The summed E-state index contributed by atoms with van der Waals surface area (Å²) in [5.41, 5.74) is 7.48. The Kier molecular flexibility index (Phi) is 10.6. The summed E-state index contributed by atoms with van der Waals surface area (Å²) >= 11 is 1.63. The first-order chi connectivity index (χ1) is 13.4. The number of nitrogens with two attached hydrogens (primary N) is 1. The van der Waals surface area contributed by atoms with E-state index in [2.05, 4.69) is 26.0 Å². The average Bonchev–Trinajstić information content (AvgIpc) is 3.08. The van der Waals surface area contributed by atoms with E-state index >= 15 is 0 Å². The molecule has 1 aromatic carbocycles.